The zero-order valence-corrected chi connectivity index (χ0v) is 12.4. The third kappa shape index (κ3) is 4.20. The lowest BCUT2D eigenvalue weighted by Gasteiger charge is -2.20. The first-order valence-electron chi connectivity index (χ1n) is 6.97. The van der Waals surface area contributed by atoms with Gasteiger partial charge in [-0.3, -0.25) is 5.32 Å². The third-order valence-electron chi connectivity index (χ3n) is 3.28. The van der Waals surface area contributed by atoms with Gasteiger partial charge in [0.2, 0.25) is 0 Å². The first kappa shape index (κ1) is 15.3. The normalized spacial score (nSPS) is 19.8. The second-order valence-corrected chi connectivity index (χ2v) is 5.22. The minimum atomic E-state index is -0.502. The largest absolute Gasteiger partial charge is 0.465 e. The summed E-state index contributed by atoms with van der Waals surface area (Å²) in [6.45, 7) is 3.59. The third-order valence-corrected chi connectivity index (χ3v) is 3.51. The Kier molecular flexibility index (Phi) is 5.83. The summed E-state index contributed by atoms with van der Waals surface area (Å²) in [6.07, 6.45) is 2.28. The van der Waals surface area contributed by atoms with Crippen molar-refractivity contribution in [2.24, 2.45) is 0 Å². The van der Waals surface area contributed by atoms with Crippen LogP contribution in [0, 0.1) is 0 Å². The highest BCUT2D eigenvalue weighted by atomic mass is 35.5. The number of nitrogens with one attached hydrogen (secondary N) is 1. The topological polar surface area (TPSA) is 47.6 Å². The summed E-state index contributed by atoms with van der Waals surface area (Å²) in [5.41, 5.74) is 0.814. The minimum Gasteiger partial charge on any atom is -0.465 e. The van der Waals surface area contributed by atoms with E-state index in [4.69, 9.17) is 21.1 Å². The molecule has 0 amide bonds. The smallest absolute Gasteiger partial charge is 0.327 e. The van der Waals surface area contributed by atoms with Crippen molar-refractivity contribution in [3.63, 3.8) is 0 Å². The van der Waals surface area contributed by atoms with Crippen LogP contribution in [0.4, 0.5) is 0 Å². The number of esters is 1. The van der Waals surface area contributed by atoms with Crippen molar-refractivity contribution in [2.75, 3.05) is 19.8 Å². The Morgan fingerprint density at radius 2 is 2.45 bits per heavy atom. The Bertz CT molecular complexity index is 446. The van der Waals surface area contributed by atoms with Crippen LogP contribution in [-0.4, -0.2) is 31.8 Å². The fraction of sp³-hybridized carbons (Fsp3) is 0.533. The molecule has 110 valence electrons. The monoisotopic (exact) mass is 297 g/mol. The summed E-state index contributed by atoms with van der Waals surface area (Å²) >= 11 is 5.99. The summed E-state index contributed by atoms with van der Waals surface area (Å²) in [5, 5.41) is 3.84. The highest BCUT2D eigenvalue weighted by Gasteiger charge is 2.24. The molecular formula is C15H20ClNO3. The molecule has 1 fully saturated rings. The predicted octanol–water partition coefficient (Wildman–Crippen LogP) is 2.71. The van der Waals surface area contributed by atoms with E-state index in [1.807, 2.05) is 12.1 Å². The predicted molar refractivity (Wildman–Crippen MR) is 77.8 cm³/mol. The fourth-order valence-electron chi connectivity index (χ4n) is 2.30. The standard InChI is InChI=1S/C15H20ClNO3/c1-2-19-15(18)14(11-5-3-6-12(16)9-11)17-10-13-7-4-8-20-13/h3,5-6,9,13-14,17H,2,4,7-8,10H2,1H3. The van der Waals surface area contributed by atoms with Crippen molar-refractivity contribution in [1.82, 2.24) is 5.32 Å². The summed E-state index contributed by atoms with van der Waals surface area (Å²) in [5.74, 6) is -0.284. The van der Waals surface area contributed by atoms with Crippen molar-refractivity contribution < 1.29 is 14.3 Å². The van der Waals surface area contributed by atoms with E-state index < -0.39 is 6.04 Å². The molecule has 1 N–H and O–H groups in total. The van der Waals surface area contributed by atoms with Gasteiger partial charge < -0.3 is 9.47 Å². The second-order valence-electron chi connectivity index (χ2n) is 4.78. The molecule has 1 aliphatic rings. The molecule has 0 aromatic heterocycles. The Morgan fingerprint density at radius 3 is 3.10 bits per heavy atom. The molecule has 2 atom stereocenters. The molecule has 0 bridgehead atoms. The van der Waals surface area contributed by atoms with Crippen LogP contribution in [0.25, 0.3) is 0 Å². The minimum absolute atomic E-state index is 0.172. The first-order valence-corrected chi connectivity index (χ1v) is 7.35. The Labute approximate surface area is 124 Å². The van der Waals surface area contributed by atoms with Gasteiger partial charge in [-0.2, -0.15) is 0 Å². The Balaban J connectivity index is 2.05. The van der Waals surface area contributed by atoms with E-state index in [2.05, 4.69) is 5.32 Å². The van der Waals surface area contributed by atoms with Crippen LogP contribution in [0.3, 0.4) is 0 Å². The molecule has 2 unspecified atom stereocenters. The van der Waals surface area contributed by atoms with Crippen LogP contribution >= 0.6 is 11.6 Å². The molecular weight excluding hydrogens is 278 g/mol. The molecule has 1 aliphatic heterocycles. The van der Waals surface area contributed by atoms with Crippen molar-refractivity contribution in [1.29, 1.82) is 0 Å². The van der Waals surface area contributed by atoms with E-state index in [0.717, 1.165) is 25.0 Å². The highest BCUT2D eigenvalue weighted by molar-refractivity contribution is 6.30. The number of halogens is 1. The Hall–Kier alpha value is -1.10. The van der Waals surface area contributed by atoms with E-state index in [-0.39, 0.29) is 12.1 Å². The molecule has 0 radical (unpaired) electrons. The molecule has 5 heteroatoms. The van der Waals surface area contributed by atoms with Crippen LogP contribution in [0.1, 0.15) is 31.4 Å². The number of ether oxygens (including phenoxy) is 2. The van der Waals surface area contributed by atoms with Gasteiger partial charge in [-0.15, -0.1) is 0 Å². The van der Waals surface area contributed by atoms with Gasteiger partial charge in [0.25, 0.3) is 0 Å². The maximum Gasteiger partial charge on any atom is 0.327 e. The average molecular weight is 298 g/mol. The van der Waals surface area contributed by atoms with Gasteiger partial charge >= 0.3 is 5.97 Å². The van der Waals surface area contributed by atoms with Crippen LogP contribution in [0.2, 0.25) is 5.02 Å². The van der Waals surface area contributed by atoms with Gasteiger partial charge in [-0.25, -0.2) is 4.79 Å². The number of hydrogen-bond donors (Lipinski definition) is 1. The molecule has 2 rings (SSSR count). The Morgan fingerprint density at radius 1 is 1.60 bits per heavy atom. The van der Waals surface area contributed by atoms with Crippen molar-refractivity contribution in [2.45, 2.75) is 31.9 Å². The van der Waals surface area contributed by atoms with Crippen molar-refractivity contribution in [3.8, 4) is 0 Å². The zero-order valence-electron chi connectivity index (χ0n) is 11.6. The number of rotatable bonds is 6. The molecule has 20 heavy (non-hydrogen) atoms. The quantitative estimate of drug-likeness (QED) is 0.820. The molecule has 1 aromatic rings. The summed E-state index contributed by atoms with van der Waals surface area (Å²) in [6, 6.07) is 6.77. The van der Waals surface area contributed by atoms with Crippen LogP contribution in [-0.2, 0) is 14.3 Å². The fourth-order valence-corrected chi connectivity index (χ4v) is 2.50. The van der Waals surface area contributed by atoms with Gasteiger partial charge in [-0.1, -0.05) is 23.7 Å². The molecule has 1 aromatic carbocycles. The zero-order chi connectivity index (χ0) is 14.4. The first-order chi connectivity index (χ1) is 9.70. The van der Waals surface area contributed by atoms with E-state index >= 15 is 0 Å². The van der Waals surface area contributed by atoms with E-state index in [1.54, 1.807) is 19.1 Å². The van der Waals surface area contributed by atoms with Crippen LogP contribution < -0.4 is 5.32 Å². The van der Waals surface area contributed by atoms with E-state index in [9.17, 15) is 4.79 Å². The van der Waals surface area contributed by atoms with Gasteiger partial charge in [0.05, 0.1) is 12.7 Å². The number of benzene rings is 1. The summed E-state index contributed by atoms with van der Waals surface area (Å²) in [4.78, 5) is 12.1. The molecule has 4 nitrogen and oxygen atoms in total. The van der Waals surface area contributed by atoms with Crippen LogP contribution in [0.15, 0.2) is 24.3 Å². The van der Waals surface area contributed by atoms with E-state index in [1.165, 1.54) is 0 Å². The van der Waals surface area contributed by atoms with Crippen molar-refractivity contribution >= 4 is 17.6 Å². The van der Waals surface area contributed by atoms with Gasteiger partial charge in [0.15, 0.2) is 0 Å². The average Bonchev–Trinajstić information content (AvgIpc) is 2.92. The summed E-state index contributed by atoms with van der Waals surface area (Å²) in [7, 11) is 0. The molecule has 1 saturated heterocycles. The maximum absolute atomic E-state index is 12.1. The lowest BCUT2D eigenvalue weighted by atomic mass is 10.1. The number of carbonyl (C=O) groups excluding carboxylic acids is 1. The van der Waals surface area contributed by atoms with Gasteiger partial charge in [-0.05, 0) is 37.5 Å². The van der Waals surface area contributed by atoms with Gasteiger partial charge in [0, 0.05) is 18.2 Å². The highest BCUT2D eigenvalue weighted by Crippen LogP contribution is 2.20. The lowest BCUT2D eigenvalue weighted by Crippen LogP contribution is -2.35. The molecule has 1 heterocycles. The summed E-state index contributed by atoms with van der Waals surface area (Å²) < 4.78 is 10.7. The SMILES string of the molecule is CCOC(=O)C(NCC1CCCO1)c1cccc(Cl)c1. The van der Waals surface area contributed by atoms with Gasteiger partial charge in [0.1, 0.15) is 6.04 Å². The van der Waals surface area contributed by atoms with Crippen molar-refractivity contribution in [3.05, 3.63) is 34.9 Å². The number of hydrogen-bond acceptors (Lipinski definition) is 4. The maximum atomic E-state index is 12.1. The molecule has 0 saturated carbocycles. The molecule has 0 spiro atoms. The second kappa shape index (κ2) is 7.62. The lowest BCUT2D eigenvalue weighted by molar-refractivity contribution is -0.146. The van der Waals surface area contributed by atoms with Crippen LogP contribution in [0.5, 0.6) is 0 Å². The number of carbonyl (C=O) groups is 1. The van der Waals surface area contributed by atoms with E-state index in [0.29, 0.717) is 18.2 Å². The molecule has 0 aliphatic carbocycles.